The van der Waals surface area contributed by atoms with Crippen molar-refractivity contribution >= 4 is 11.3 Å². The van der Waals surface area contributed by atoms with Crippen LogP contribution in [0, 0.1) is 0 Å². The minimum Gasteiger partial charge on any atom is -0.497 e. The molecule has 2 N–H and O–H groups in total. The first-order valence-corrected chi connectivity index (χ1v) is 8.08. The standard InChI is InChI=1S/C17H23NO2S/c1-4-15(13-7-9-14(20-3)10-8-13)18-12-17(2,19)16-6-5-11-21-16/h5-11,15,18-19H,4,12H2,1-3H3. The molecular formula is C17H23NO2S. The average molecular weight is 305 g/mol. The Balaban J connectivity index is 2.02. The molecule has 0 radical (unpaired) electrons. The zero-order valence-corrected chi connectivity index (χ0v) is 13.6. The topological polar surface area (TPSA) is 41.5 Å². The monoisotopic (exact) mass is 305 g/mol. The molecule has 0 aliphatic carbocycles. The van der Waals surface area contributed by atoms with Gasteiger partial charge < -0.3 is 15.2 Å². The third-order valence-corrected chi connectivity index (χ3v) is 4.79. The molecule has 2 unspecified atom stereocenters. The molecule has 0 fully saturated rings. The van der Waals surface area contributed by atoms with Crippen LogP contribution in [0.3, 0.4) is 0 Å². The van der Waals surface area contributed by atoms with Crippen molar-refractivity contribution < 1.29 is 9.84 Å². The Kier molecular flexibility index (Phi) is 5.39. The van der Waals surface area contributed by atoms with Crippen LogP contribution in [0.2, 0.25) is 0 Å². The van der Waals surface area contributed by atoms with E-state index in [9.17, 15) is 5.11 Å². The number of ether oxygens (including phenoxy) is 1. The van der Waals surface area contributed by atoms with Crippen molar-refractivity contribution in [2.75, 3.05) is 13.7 Å². The summed E-state index contributed by atoms with van der Waals surface area (Å²) in [7, 11) is 1.67. The number of rotatable bonds is 7. The predicted molar refractivity (Wildman–Crippen MR) is 87.9 cm³/mol. The smallest absolute Gasteiger partial charge is 0.118 e. The molecule has 2 rings (SSSR count). The van der Waals surface area contributed by atoms with Gasteiger partial charge >= 0.3 is 0 Å². The summed E-state index contributed by atoms with van der Waals surface area (Å²) in [5, 5.41) is 16.0. The molecule has 0 amide bonds. The van der Waals surface area contributed by atoms with Crippen molar-refractivity contribution in [3.8, 4) is 5.75 Å². The molecule has 1 aromatic heterocycles. The first kappa shape index (κ1) is 16.0. The number of hydrogen-bond acceptors (Lipinski definition) is 4. The Morgan fingerprint density at radius 1 is 1.29 bits per heavy atom. The number of aliphatic hydroxyl groups is 1. The zero-order chi connectivity index (χ0) is 15.3. The van der Waals surface area contributed by atoms with Crippen LogP contribution in [0.25, 0.3) is 0 Å². The van der Waals surface area contributed by atoms with Gasteiger partial charge in [-0.25, -0.2) is 0 Å². The van der Waals surface area contributed by atoms with Crippen LogP contribution in [0.1, 0.15) is 36.8 Å². The van der Waals surface area contributed by atoms with E-state index in [4.69, 9.17) is 4.74 Å². The Labute approximate surface area is 130 Å². The lowest BCUT2D eigenvalue weighted by Crippen LogP contribution is -2.36. The molecule has 0 spiro atoms. The highest BCUT2D eigenvalue weighted by atomic mass is 32.1. The van der Waals surface area contributed by atoms with Crippen molar-refractivity contribution in [2.24, 2.45) is 0 Å². The van der Waals surface area contributed by atoms with Crippen LogP contribution >= 0.6 is 11.3 Å². The van der Waals surface area contributed by atoms with Crippen LogP contribution in [0.15, 0.2) is 41.8 Å². The predicted octanol–water partition coefficient (Wildman–Crippen LogP) is 3.71. The summed E-state index contributed by atoms with van der Waals surface area (Å²) in [5.74, 6) is 0.860. The second-order valence-corrected chi connectivity index (χ2v) is 6.31. The van der Waals surface area contributed by atoms with Crippen LogP contribution < -0.4 is 10.1 Å². The van der Waals surface area contributed by atoms with Gasteiger partial charge in [-0.05, 0) is 42.5 Å². The summed E-state index contributed by atoms with van der Waals surface area (Å²) in [5.41, 5.74) is 0.369. The first-order valence-electron chi connectivity index (χ1n) is 7.20. The average Bonchev–Trinajstić information content (AvgIpc) is 3.03. The van der Waals surface area contributed by atoms with E-state index in [-0.39, 0.29) is 6.04 Å². The van der Waals surface area contributed by atoms with Gasteiger partial charge in [0.15, 0.2) is 0 Å². The first-order chi connectivity index (χ1) is 10.1. The van der Waals surface area contributed by atoms with E-state index >= 15 is 0 Å². The van der Waals surface area contributed by atoms with Gasteiger partial charge in [0.1, 0.15) is 11.4 Å². The molecule has 1 aromatic carbocycles. The molecule has 0 saturated carbocycles. The minimum atomic E-state index is -0.839. The van der Waals surface area contributed by atoms with Gasteiger partial charge in [0.05, 0.1) is 7.11 Å². The summed E-state index contributed by atoms with van der Waals surface area (Å²) < 4.78 is 5.19. The summed E-state index contributed by atoms with van der Waals surface area (Å²) in [6.45, 7) is 4.52. The van der Waals surface area contributed by atoms with Gasteiger partial charge in [0.25, 0.3) is 0 Å². The van der Waals surface area contributed by atoms with Crippen LogP contribution in [0.5, 0.6) is 5.75 Å². The third kappa shape index (κ3) is 4.06. The van der Waals surface area contributed by atoms with Gasteiger partial charge in [-0.15, -0.1) is 11.3 Å². The molecule has 114 valence electrons. The van der Waals surface area contributed by atoms with Crippen molar-refractivity contribution in [2.45, 2.75) is 31.9 Å². The van der Waals surface area contributed by atoms with Crippen molar-refractivity contribution in [3.63, 3.8) is 0 Å². The Morgan fingerprint density at radius 2 is 2.00 bits per heavy atom. The molecule has 3 nitrogen and oxygen atoms in total. The number of hydrogen-bond donors (Lipinski definition) is 2. The second-order valence-electron chi connectivity index (χ2n) is 5.37. The van der Waals surface area contributed by atoms with E-state index < -0.39 is 5.60 Å². The van der Waals surface area contributed by atoms with E-state index in [0.717, 1.165) is 17.0 Å². The molecule has 0 saturated heterocycles. The summed E-state index contributed by atoms with van der Waals surface area (Å²) in [6.07, 6.45) is 0.965. The molecular weight excluding hydrogens is 282 g/mol. The fraction of sp³-hybridized carbons (Fsp3) is 0.412. The summed E-state index contributed by atoms with van der Waals surface area (Å²) in [4.78, 5) is 0.986. The molecule has 21 heavy (non-hydrogen) atoms. The highest BCUT2D eigenvalue weighted by Crippen LogP contribution is 2.26. The summed E-state index contributed by atoms with van der Waals surface area (Å²) >= 11 is 1.58. The Bertz CT molecular complexity index is 534. The number of benzene rings is 1. The molecule has 2 atom stereocenters. The van der Waals surface area contributed by atoms with Crippen LogP contribution in [0.4, 0.5) is 0 Å². The van der Waals surface area contributed by atoms with Gasteiger partial charge in [-0.2, -0.15) is 0 Å². The van der Waals surface area contributed by atoms with Crippen molar-refractivity contribution in [1.82, 2.24) is 5.32 Å². The fourth-order valence-electron chi connectivity index (χ4n) is 2.33. The normalized spacial score (nSPS) is 15.4. The zero-order valence-electron chi connectivity index (χ0n) is 12.8. The molecule has 0 aliphatic rings. The molecule has 1 heterocycles. The van der Waals surface area contributed by atoms with E-state index in [1.165, 1.54) is 5.56 Å². The van der Waals surface area contributed by atoms with Gasteiger partial charge in [-0.1, -0.05) is 25.1 Å². The maximum Gasteiger partial charge on any atom is 0.118 e. The maximum absolute atomic E-state index is 10.6. The molecule has 0 aliphatic heterocycles. The quantitative estimate of drug-likeness (QED) is 0.819. The largest absolute Gasteiger partial charge is 0.497 e. The lowest BCUT2D eigenvalue weighted by molar-refractivity contribution is 0.0573. The van der Waals surface area contributed by atoms with Crippen LogP contribution in [-0.2, 0) is 5.60 Å². The van der Waals surface area contributed by atoms with Gasteiger partial charge in [-0.3, -0.25) is 0 Å². The van der Waals surface area contributed by atoms with Gasteiger partial charge in [0.2, 0.25) is 0 Å². The lowest BCUT2D eigenvalue weighted by Gasteiger charge is -2.26. The minimum absolute atomic E-state index is 0.224. The van der Waals surface area contributed by atoms with E-state index in [0.29, 0.717) is 6.54 Å². The highest BCUT2D eigenvalue weighted by Gasteiger charge is 2.25. The van der Waals surface area contributed by atoms with E-state index in [1.54, 1.807) is 18.4 Å². The summed E-state index contributed by atoms with van der Waals surface area (Å²) in [6, 6.07) is 12.2. The SMILES string of the molecule is CCC(NCC(C)(O)c1cccs1)c1ccc(OC)cc1. The third-order valence-electron chi connectivity index (χ3n) is 3.67. The second kappa shape index (κ2) is 7.07. The lowest BCUT2D eigenvalue weighted by atomic mass is 10.0. The van der Waals surface area contributed by atoms with Gasteiger partial charge in [0, 0.05) is 17.5 Å². The highest BCUT2D eigenvalue weighted by molar-refractivity contribution is 7.10. The van der Waals surface area contributed by atoms with Crippen molar-refractivity contribution in [3.05, 3.63) is 52.2 Å². The van der Waals surface area contributed by atoms with E-state index in [1.807, 2.05) is 36.6 Å². The number of thiophene rings is 1. The molecule has 4 heteroatoms. The number of methoxy groups -OCH3 is 1. The van der Waals surface area contributed by atoms with E-state index in [2.05, 4.69) is 24.4 Å². The molecule has 2 aromatic rings. The Morgan fingerprint density at radius 3 is 2.52 bits per heavy atom. The van der Waals surface area contributed by atoms with Crippen LogP contribution in [-0.4, -0.2) is 18.8 Å². The number of nitrogens with one attached hydrogen (secondary N) is 1. The Hall–Kier alpha value is -1.36. The van der Waals surface area contributed by atoms with Crippen molar-refractivity contribution in [1.29, 1.82) is 0 Å². The fourth-order valence-corrected chi connectivity index (χ4v) is 3.12. The maximum atomic E-state index is 10.6. The molecule has 0 bridgehead atoms.